The van der Waals surface area contributed by atoms with Gasteiger partial charge in [0.15, 0.2) is 0 Å². The van der Waals surface area contributed by atoms with Crippen LogP contribution in [0, 0.1) is 5.82 Å². The van der Waals surface area contributed by atoms with E-state index in [-0.39, 0.29) is 22.7 Å². The first-order valence-electron chi connectivity index (χ1n) is 7.31. The smallest absolute Gasteiger partial charge is 0.251 e. The molecule has 2 aromatic rings. The lowest BCUT2D eigenvalue weighted by atomic mass is 10.1. The highest BCUT2D eigenvalue weighted by Crippen LogP contribution is 2.16. The first kappa shape index (κ1) is 18.1. The summed E-state index contributed by atoms with van der Waals surface area (Å²) in [5.41, 5.74) is 1.12. The van der Waals surface area contributed by atoms with Crippen molar-refractivity contribution in [2.45, 2.75) is 17.9 Å². The van der Waals surface area contributed by atoms with Crippen molar-refractivity contribution >= 4 is 15.9 Å². The lowest BCUT2D eigenvalue weighted by molar-refractivity contribution is 0.0940. The summed E-state index contributed by atoms with van der Waals surface area (Å²) in [6.07, 6.45) is 0. The molecule has 0 saturated heterocycles. The van der Waals surface area contributed by atoms with Crippen molar-refractivity contribution in [3.63, 3.8) is 0 Å². The fourth-order valence-electron chi connectivity index (χ4n) is 2.10. The normalized spacial score (nSPS) is 12.9. The fourth-order valence-corrected chi connectivity index (χ4v) is 3.01. The average Bonchev–Trinajstić information content (AvgIpc) is 2.55. The lowest BCUT2D eigenvalue weighted by Crippen LogP contribution is -2.27. The first-order valence-corrected chi connectivity index (χ1v) is 8.75. The Labute approximate surface area is 141 Å². The Kier molecular flexibility index (Phi) is 5.36. The molecule has 0 radical (unpaired) electrons. The minimum atomic E-state index is -3.52. The maximum absolute atomic E-state index is 12.9. The maximum atomic E-state index is 12.9. The first-order chi connectivity index (χ1) is 11.2. The minimum absolute atomic E-state index is 0.121. The summed E-state index contributed by atoms with van der Waals surface area (Å²) in [6.45, 7) is 1.79. The number of hydrogen-bond acceptors (Lipinski definition) is 3. The monoisotopic (exact) mass is 350 g/mol. The Bertz CT molecular complexity index is 816. The number of halogens is 1. The second-order valence-electron chi connectivity index (χ2n) is 5.56. The number of nitrogens with one attached hydrogen (secondary N) is 1. The number of nitrogens with zero attached hydrogens (tertiary/aromatic N) is 1. The molecule has 0 aliphatic heterocycles. The zero-order valence-corrected chi connectivity index (χ0v) is 14.5. The van der Waals surface area contributed by atoms with Gasteiger partial charge in [-0.25, -0.2) is 17.1 Å². The van der Waals surface area contributed by atoms with Crippen molar-refractivity contribution in [3.8, 4) is 0 Å². The summed E-state index contributed by atoms with van der Waals surface area (Å²) >= 11 is 0. The maximum Gasteiger partial charge on any atom is 0.251 e. The van der Waals surface area contributed by atoms with Crippen LogP contribution in [0.1, 0.15) is 28.9 Å². The molecule has 0 aromatic heterocycles. The number of carbonyl (C=O) groups is 1. The molecular weight excluding hydrogens is 331 g/mol. The number of amides is 1. The highest BCUT2D eigenvalue weighted by Gasteiger charge is 2.18. The van der Waals surface area contributed by atoms with Gasteiger partial charge in [-0.2, -0.15) is 0 Å². The zero-order valence-electron chi connectivity index (χ0n) is 13.7. The van der Waals surface area contributed by atoms with E-state index in [1.165, 1.54) is 50.5 Å². The molecule has 128 valence electrons. The van der Waals surface area contributed by atoms with Gasteiger partial charge in [-0.05, 0) is 48.9 Å². The van der Waals surface area contributed by atoms with E-state index < -0.39 is 10.0 Å². The predicted molar refractivity (Wildman–Crippen MR) is 89.6 cm³/mol. The van der Waals surface area contributed by atoms with Gasteiger partial charge in [0.05, 0.1) is 10.9 Å². The van der Waals surface area contributed by atoms with Crippen LogP contribution in [0.5, 0.6) is 0 Å². The van der Waals surface area contributed by atoms with E-state index >= 15 is 0 Å². The zero-order chi connectivity index (χ0) is 17.9. The molecule has 0 aliphatic rings. The minimum Gasteiger partial charge on any atom is -0.346 e. The van der Waals surface area contributed by atoms with Crippen molar-refractivity contribution in [3.05, 3.63) is 65.5 Å². The fraction of sp³-hybridized carbons (Fsp3) is 0.235. The SMILES string of the molecule is C[C@H](NC(=O)c1ccc(S(=O)(=O)N(C)C)cc1)c1ccc(F)cc1. The molecular formula is C17H19FN2O3S. The van der Waals surface area contributed by atoms with Crippen molar-refractivity contribution < 1.29 is 17.6 Å². The van der Waals surface area contributed by atoms with Gasteiger partial charge >= 0.3 is 0 Å². The molecule has 2 rings (SSSR count). The Hall–Kier alpha value is -2.25. The van der Waals surface area contributed by atoms with Crippen LogP contribution in [0.2, 0.25) is 0 Å². The van der Waals surface area contributed by atoms with E-state index in [0.717, 1.165) is 9.87 Å². The molecule has 0 fully saturated rings. The van der Waals surface area contributed by atoms with Gasteiger partial charge in [-0.1, -0.05) is 12.1 Å². The third-order valence-corrected chi connectivity index (χ3v) is 5.44. The highest BCUT2D eigenvalue weighted by atomic mass is 32.2. The molecule has 0 spiro atoms. The topological polar surface area (TPSA) is 66.5 Å². The Morgan fingerprint density at radius 1 is 1.04 bits per heavy atom. The molecule has 0 bridgehead atoms. The van der Waals surface area contributed by atoms with E-state index in [4.69, 9.17) is 0 Å². The second kappa shape index (κ2) is 7.11. The van der Waals surface area contributed by atoms with Gasteiger partial charge in [0.2, 0.25) is 10.0 Å². The van der Waals surface area contributed by atoms with E-state index in [2.05, 4.69) is 5.32 Å². The molecule has 0 saturated carbocycles. The molecule has 1 atom stereocenters. The van der Waals surface area contributed by atoms with Crippen molar-refractivity contribution in [1.29, 1.82) is 0 Å². The third-order valence-electron chi connectivity index (χ3n) is 3.61. The average molecular weight is 350 g/mol. The van der Waals surface area contributed by atoms with E-state index in [1.807, 2.05) is 0 Å². The van der Waals surface area contributed by atoms with Crippen molar-refractivity contribution in [2.24, 2.45) is 0 Å². The van der Waals surface area contributed by atoms with E-state index in [9.17, 15) is 17.6 Å². The van der Waals surface area contributed by atoms with Crippen LogP contribution in [0.3, 0.4) is 0 Å². The standard InChI is InChI=1S/C17H19FN2O3S/c1-12(13-4-8-15(18)9-5-13)19-17(21)14-6-10-16(11-7-14)24(22,23)20(2)3/h4-12H,1-3H3,(H,19,21)/t12-/m0/s1. The van der Waals surface area contributed by atoms with Crippen LogP contribution in [0.25, 0.3) is 0 Å². The van der Waals surface area contributed by atoms with Gasteiger partial charge in [0.25, 0.3) is 5.91 Å². The molecule has 0 aliphatic carbocycles. The lowest BCUT2D eigenvalue weighted by Gasteiger charge is -2.15. The van der Waals surface area contributed by atoms with Gasteiger partial charge < -0.3 is 5.32 Å². The van der Waals surface area contributed by atoms with Crippen LogP contribution in [-0.4, -0.2) is 32.7 Å². The molecule has 2 aromatic carbocycles. The van der Waals surface area contributed by atoms with Crippen LogP contribution in [-0.2, 0) is 10.0 Å². The summed E-state index contributed by atoms with van der Waals surface area (Å²) in [6, 6.07) is 11.3. The highest BCUT2D eigenvalue weighted by molar-refractivity contribution is 7.89. The second-order valence-corrected chi connectivity index (χ2v) is 7.71. The molecule has 0 heterocycles. The molecule has 1 amide bonds. The number of carbonyl (C=O) groups excluding carboxylic acids is 1. The van der Waals surface area contributed by atoms with Gasteiger partial charge in [0.1, 0.15) is 5.82 Å². The van der Waals surface area contributed by atoms with E-state index in [0.29, 0.717) is 5.56 Å². The number of sulfonamides is 1. The summed E-state index contributed by atoms with van der Waals surface area (Å²) < 4.78 is 38.0. The Morgan fingerprint density at radius 2 is 1.58 bits per heavy atom. The molecule has 0 unspecified atom stereocenters. The molecule has 5 nitrogen and oxygen atoms in total. The molecule has 24 heavy (non-hydrogen) atoms. The summed E-state index contributed by atoms with van der Waals surface area (Å²) in [5.74, 6) is -0.671. The number of rotatable bonds is 5. The van der Waals surface area contributed by atoms with Gasteiger partial charge in [-0.15, -0.1) is 0 Å². The van der Waals surface area contributed by atoms with E-state index in [1.54, 1.807) is 19.1 Å². The van der Waals surface area contributed by atoms with Crippen LogP contribution in [0.15, 0.2) is 53.4 Å². The van der Waals surface area contributed by atoms with Crippen molar-refractivity contribution in [1.82, 2.24) is 9.62 Å². The Balaban J connectivity index is 2.11. The van der Waals surface area contributed by atoms with Crippen LogP contribution in [0.4, 0.5) is 4.39 Å². The van der Waals surface area contributed by atoms with Gasteiger partial charge in [-0.3, -0.25) is 4.79 Å². The van der Waals surface area contributed by atoms with Gasteiger partial charge in [0, 0.05) is 19.7 Å². The molecule has 1 N–H and O–H groups in total. The third kappa shape index (κ3) is 3.98. The predicted octanol–water partition coefficient (Wildman–Crippen LogP) is 2.57. The summed E-state index contributed by atoms with van der Waals surface area (Å²) in [7, 11) is -0.634. The largest absolute Gasteiger partial charge is 0.346 e. The Morgan fingerprint density at radius 3 is 2.08 bits per heavy atom. The van der Waals surface area contributed by atoms with Crippen molar-refractivity contribution in [2.75, 3.05) is 14.1 Å². The molecule has 7 heteroatoms. The number of hydrogen-bond donors (Lipinski definition) is 1. The quantitative estimate of drug-likeness (QED) is 0.901. The van der Waals surface area contributed by atoms with Crippen LogP contribution >= 0.6 is 0 Å². The number of benzene rings is 2. The summed E-state index contributed by atoms with van der Waals surface area (Å²) in [4.78, 5) is 12.4. The summed E-state index contributed by atoms with van der Waals surface area (Å²) in [5, 5.41) is 2.79. The van der Waals surface area contributed by atoms with Crippen LogP contribution < -0.4 is 5.32 Å².